The molecule has 0 unspecified atom stereocenters. The molecule has 2 aromatic rings. The molecule has 11 heteroatoms. The van der Waals surface area contributed by atoms with Gasteiger partial charge in [0, 0.05) is 11.1 Å². The Hall–Kier alpha value is -1.34. The summed E-state index contributed by atoms with van der Waals surface area (Å²) >= 11 is -0.444. The lowest BCUT2D eigenvalue weighted by molar-refractivity contribution is -0.598. The second-order valence-electron chi connectivity index (χ2n) is 5.71. The van der Waals surface area contributed by atoms with Gasteiger partial charge in [0.1, 0.15) is 0 Å². The fourth-order valence-corrected chi connectivity index (χ4v) is 4.63. The van der Waals surface area contributed by atoms with Crippen LogP contribution in [0.2, 0.25) is 0 Å². The molecule has 3 nitrogen and oxygen atoms in total. The van der Waals surface area contributed by atoms with Crippen molar-refractivity contribution in [3.05, 3.63) is 65.8 Å². The smallest absolute Gasteiger partial charge is 0.485 e. The normalized spacial score (nSPS) is 12.4. The van der Waals surface area contributed by atoms with E-state index in [-0.39, 0.29) is 0 Å². The Kier molecular flexibility index (Phi) is 7.93. The minimum atomic E-state index is -6.09. The number of hydrogen-bond acceptors (Lipinski definition) is 3. The van der Waals surface area contributed by atoms with Crippen LogP contribution in [0.1, 0.15) is 22.3 Å². The van der Waals surface area contributed by atoms with E-state index < -0.39 is 48.6 Å². The van der Waals surface area contributed by atoms with Crippen LogP contribution in [0.3, 0.4) is 0 Å². The van der Waals surface area contributed by atoms with Crippen LogP contribution in [-0.2, 0) is 16.3 Å². The number of benzene rings is 2. The van der Waals surface area contributed by atoms with Gasteiger partial charge in [-0.1, -0.05) is 17.7 Å². The van der Waals surface area contributed by atoms with E-state index in [2.05, 4.69) is 32.9 Å². The Bertz CT molecular complexity index is 896. The van der Waals surface area contributed by atoms with Gasteiger partial charge in [0.15, 0.2) is 17.3 Å². The zero-order valence-electron chi connectivity index (χ0n) is 14.7. The summed E-state index contributed by atoms with van der Waals surface area (Å²) in [6.45, 7) is 6.19. The molecule has 2 rings (SSSR count). The first-order valence-electron chi connectivity index (χ1n) is 7.44. The van der Waals surface area contributed by atoms with Crippen LogP contribution in [0, 0.1) is 27.9 Å². The van der Waals surface area contributed by atoms with Gasteiger partial charge >= 0.3 is 32.9 Å². The monoisotopic (exact) mass is 540 g/mol. The highest BCUT2D eigenvalue weighted by atomic mass is 127. The van der Waals surface area contributed by atoms with Crippen LogP contribution in [-0.4, -0.2) is 18.5 Å². The minimum absolute atomic E-state index is 0.444. The molecule has 0 aliphatic rings. The summed E-state index contributed by atoms with van der Waals surface area (Å²) in [5.74, 6) is 0. The van der Waals surface area contributed by atoms with E-state index in [9.17, 15) is 26.3 Å². The molecule has 0 saturated carbocycles. The quantitative estimate of drug-likeness (QED) is 0.253. The number of halogens is 7. The van der Waals surface area contributed by atoms with Gasteiger partial charge in [-0.2, -0.15) is 26.3 Å². The molecule has 0 fully saturated rings. The molecule has 28 heavy (non-hydrogen) atoms. The summed E-state index contributed by atoms with van der Waals surface area (Å²) in [7, 11) is -6.09. The molecule has 0 bridgehead atoms. The van der Waals surface area contributed by atoms with Gasteiger partial charge in [-0.15, -0.1) is 0 Å². The molecule has 0 spiro atoms. The highest BCUT2D eigenvalue weighted by Crippen LogP contribution is 2.28. The highest BCUT2D eigenvalue weighted by Gasteiger charge is 2.37. The maximum atomic E-state index is 12.5. The van der Waals surface area contributed by atoms with Crippen molar-refractivity contribution in [2.24, 2.45) is 0 Å². The minimum Gasteiger partial charge on any atom is -0.741 e. The predicted octanol–water partition coefficient (Wildman–Crippen LogP) is 1.81. The molecule has 2 aromatic carbocycles. The summed E-state index contributed by atoms with van der Waals surface area (Å²) < 4.78 is 98.8. The van der Waals surface area contributed by atoms with E-state index in [1.165, 1.54) is 32.4 Å². The lowest BCUT2D eigenvalue weighted by Crippen LogP contribution is -3.62. The summed E-state index contributed by atoms with van der Waals surface area (Å²) in [4.78, 5) is 0. The Labute approximate surface area is 168 Å². The third kappa shape index (κ3) is 7.24. The Balaban J connectivity index is 0.000000416. The van der Waals surface area contributed by atoms with Crippen molar-refractivity contribution in [3.63, 3.8) is 0 Å². The molecule has 0 aliphatic carbocycles. The van der Waals surface area contributed by atoms with Gasteiger partial charge in [0.25, 0.3) is 0 Å². The molecule has 156 valence electrons. The van der Waals surface area contributed by atoms with Crippen LogP contribution in [0.5, 0.6) is 0 Å². The second kappa shape index (κ2) is 8.99. The molecular formula is C17H15F6IO3S. The van der Waals surface area contributed by atoms with Gasteiger partial charge in [-0.3, -0.25) is 0 Å². The van der Waals surface area contributed by atoms with Gasteiger partial charge in [0.05, 0.1) is 5.56 Å². The van der Waals surface area contributed by atoms with Crippen molar-refractivity contribution < 1.29 is 60.5 Å². The number of rotatable bonds is 2. The van der Waals surface area contributed by atoms with E-state index in [1.54, 1.807) is 12.1 Å². The number of alkyl halides is 6. The third-order valence-corrected chi connectivity index (χ3v) is 7.39. The van der Waals surface area contributed by atoms with Gasteiger partial charge < -0.3 is 4.55 Å². The van der Waals surface area contributed by atoms with Crippen molar-refractivity contribution in [2.45, 2.75) is 32.5 Å². The maximum absolute atomic E-state index is 12.5. The molecule has 0 amide bonds. The van der Waals surface area contributed by atoms with Crippen LogP contribution in [0.4, 0.5) is 26.3 Å². The van der Waals surface area contributed by atoms with Gasteiger partial charge in [-0.25, -0.2) is 8.42 Å². The van der Waals surface area contributed by atoms with Crippen molar-refractivity contribution in [1.29, 1.82) is 0 Å². The van der Waals surface area contributed by atoms with Gasteiger partial charge in [0.2, 0.25) is 0 Å². The fraction of sp³-hybridized carbons (Fsp3) is 0.294. The average Bonchev–Trinajstić information content (AvgIpc) is 2.49. The SMILES string of the molecule is Cc1cc(C)c([I+]c2ccc(C(F)(F)F)cc2)c(C)c1.O=S(=O)([O-])C(F)(F)F. The summed E-state index contributed by atoms with van der Waals surface area (Å²) in [6, 6.07) is 9.82. The Morgan fingerprint density at radius 3 is 1.57 bits per heavy atom. The highest BCUT2D eigenvalue weighted by molar-refractivity contribution is 7.86. The summed E-state index contributed by atoms with van der Waals surface area (Å²) in [5, 5.41) is 0. The van der Waals surface area contributed by atoms with Crippen LogP contribution in [0.15, 0.2) is 36.4 Å². The van der Waals surface area contributed by atoms with Crippen LogP contribution < -0.4 is 21.2 Å². The Morgan fingerprint density at radius 1 is 0.857 bits per heavy atom. The molecule has 0 N–H and O–H groups in total. The molecule has 0 aliphatic heterocycles. The molecular weight excluding hydrogens is 525 g/mol. The fourth-order valence-electron chi connectivity index (χ4n) is 2.12. The lowest BCUT2D eigenvalue weighted by atomic mass is 10.1. The zero-order valence-corrected chi connectivity index (χ0v) is 17.7. The largest absolute Gasteiger partial charge is 0.741 e. The first kappa shape index (κ1) is 24.7. The van der Waals surface area contributed by atoms with Crippen molar-refractivity contribution >= 4 is 10.1 Å². The molecule has 0 atom stereocenters. The van der Waals surface area contributed by atoms with E-state index >= 15 is 0 Å². The van der Waals surface area contributed by atoms with Crippen LogP contribution >= 0.6 is 0 Å². The second-order valence-corrected chi connectivity index (χ2v) is 9.95. The molecule has 0 aromatic heterocycles. The van der Waals surface area contributed by atoms with E-state index in [0.29, 0.717) is 0 Å². The molecule has 0 heterocycles. The lowest BCUT2D eigenvalue weighted by Gasteiger charge is -2.08. The Morgan fingerprint density at radius 2 is 1.25 bits per heavy atom. The molecule has 0 saturated heterocycles. The third-order valence-electron chi connectivity index (χ3n) is 3.24. The van der Waals surface area contributed by atoms with Crippen molar-refractivity contribution in [2.75, 3.05) is 0 Å². The van der Waals surface area contributed by atoms with Crippen molar-refractivity contribution in [1.82, 2.24) is 0 Å². The van der Waals surface area contributed by atoms with E-state index in [1.807, 2.05) is 0 Å². The number of aryl methyl sites for hydroxylation is 3. The zero-order chi connectivity index (χ0) is 21.9. The van der Waals surface area contributed by atoms with Crippen molar-refractivity contribution in [3.8, 4) is 0 Å². The number of hydrogen-bond donors (Lipinski definition) is 0. The standard InChI is InChI=1S/C16H15F3I.CHF3O3S/c1-10-8-11(2)15(12(3)9-10)20-14-6-4-13(5-7-14)16(17,18)19;2-1(3,4)8(5,6)7/h4-9H,1-3H3;(H,5,6,7)/q+1;/p-1. The first-order valence-corrected chi connectivity index (χ1v) is 11.0. The first-order chi connectivity index (χ1) is 12.5. The van der Waals surface area contributed by atoms with Crippen LogP contribution in [0.25, 0.3) is 0 Å². The molecule has 0 radical (unpaired) electrons. The predicted molar refractivity (Wildman–Crippen MR) is 85.2 cm³/mol. The topological polar surface area (TPSA) is 57.2 Å². The summed E-state index contributed by atoms with van der Waals surface area (Å²) in [6.07, 6.45) is -4.26. The summed E-state index contributed by atoms with van der Waals surface area (Å²) in [5.41, 5.74) is -2.54. The van der Waals surface area contributed by atoms with E-state index in [0.717, 1.165) is 3.57 Å². The van der Waals surface area contributed by atoms with E-state index in [4.69, 9.17) is 13.0 Å². The average molecular weight is 540 g/mol. The van der Waals surface area contributed by atoms with Gasteiger partial charge in [-0.05, 0) is 45.0 Å². The maximum Gasteiger partial charge on any atom is 0.485 e.